The van der Waals surface area contributed by atoms with Gasteiger partial charge in [0, 0.05) is 28.0 Å². The maximum atomic E-state index is 11.0. The molecule has 0 spiro atoms. The minimum Gasteiger partial charge on any atom is -0.466 e. The molecule has 9 heteroatoms. The Morgan fingerprint density at radius 1 is 1.32 bits per heavy atom. The fourth-order valence-electron chi connectivity index (χ4n) is 3.07. The van der Waals surface area contributed by atoms with Gasteiger partial charge in [-0.1, -0.05) is 29.8 Å². The Morgan fingerprint density at radius 2 is 2.14 bits per heavy atom. The molecule has 28 heavy (non-hydrogen) atoms. The molecule has 1 aromatic carbocycles. The number of thiophene rings is 1. The van der Waals surface area contributed by atoms with Crippen molar-refractivity contribution in [1.82, 2.24) is 14.8 Å². The van der Waals surface area contributed by atoms with Crippen molar-refractivity contribution in [1.29, 1.82) is 0 Å². The highest BCUT2D eigenvalue weighted by atomic mass is 79.9. The van der Waals surface area contributed by atoms with Gasteiger partial charge in [0.15, 0.2) is 5.82 Å². The van der Waals surface area contributed by atoms with Crippen molar-refractivity contribution in [3.63, 3.8) is 0 Å². The Hall–Kier alpha value is -2.03. The average molecular weight is 480 g/mol. The summed E-state index contributed by atoms with van der Waals surface area (Å²) in [5.41, 5.74) is 2.74. The third-order valence-electron chi connectivity index (χ3n) is 4.29. The summed E-state index contributed by atoms with van der Waals surface area (Å²) in [4.78, 5) is 16.9. The number of rotatable bonds is 5. The summed E-state index contributed by atoms with van der Waals surface area (Å²) in [6.45, 7) is 2.25. The molecule has 2 aromatic heterocycles. The first-order valence-corrected chi connectivity index (χ1v) is 10.7. The Kier molecular flexibility index (Phi) is 5.61. The van der Waals surface area contributed by atoms with E-state index in [4.69, 9.17) is 21.3 Å². The molecule has 1 aliphatic rings. The molecule has 144 valence electrons. The van der Waals surface area contributed by atoms with Crippen LogP contribution >= 0.6 is 38.9 Å². The van der Waals surface area contributed by atoms with E-state index in [1.54, 1.807) is 11.3 Å². The van der Waals surface area contributed by atoms with Crippen molar-refractivity contribution in [2.24, 2.45) is 4.99 Å². The number of benzene rings is 1. The van der Waals surface area contributed by atoms with E-state index < -0.39 is 0 Å². The Morgan fingerprint density at radius 3 is 2.93 bits per heavy atom. The average Bonchev–Trinajstić information content (AvgIpc) is 3.20. The standard InChI is InChI=1S/C19H16BrClN4O2S/c1-11(26)27-8-4-5-12-9-14-17(13-6-2-3-7-15(13)21)22-10-16-23-24-19(20)25(16)18(14)28-12/h2-3,6-7,9H,4-5,8,10H2,1H3. The molecule has 0 aliphatic carbocycles. The van der Waals surface area contributed by atoms with Crippen LogP contribution in [0.2, 0.25) is 5.02 Å². The van der Waals surface area contributed by atoms with E-state index in [1.807, 2.05) is 28.8 Å². The number of ether oxygens (including phenoxy) is 1. The van der Waals surface area contributed by atoms with Crippen LogP contribution in [-0.2, 0) is 22.5 Å². The van der Waals surface area contributed by atoms with Gasteiger partial charge in [0.25, 0.3) is 0 Å². The molecule has 1 aliphatic heterocycles. The van der Waals surface area contributed by atoms with E-state index in [2.05, 4.69) is 32.2 Å². The van der Waals surface area contributed by atoms with Gasteiger partial charge in [0.05, 0.1) is 12.3 Å². The molecular formula is C19H16BrClN4O2S. The van der Waals surface area contributed by atoms with E-state index >= 15 is 0 Å². The molecule has 0 radical (unpaired) electrons. The van der Waals surface area contributed by atoms with Crippen molar-refractivity contribution < 1.29 is 9.53 Å². The first kappa shape index (κ1) is 19.3. The van der Waals surface area contributed by atoms with Crippen LogP contribution in [0.1, 0.15) is 35.2 Å². The van der Waals surface area contributed by atoms with Crippen LogP contribution in [0.15, 0.2) is 40.1 Å². The molecule has 6 nitrogen and oxygen atoms in total. The lowest BCUT2D eigenvalue weighted by atomic mass is 10.0. The summed E-state index contributed by atoms with van der Waals surface area (Å²) in [5, 5.41) is 10.1. The fraction of sp³-hybridized carbons (Fsp3) is 0.263. The minimum absolute atomic E-state index is 0.256. The van der Waals surface area contributed by atoms with Gasteiger partial charge in [-0.25, -0.2) is 0 Å². The monoisotopic (exact) mass is 478 g/mol. The van der Waals surface area contributed by atoms with Crippen LogP contribution in [0.5, 0.6) is 0 Å². The molecule has 0 atom stereocenters. The van der Waals surface area contributed by atoms with Gasteiger partial charge in [0.2, 0.25) is 4.73 Å². The second-order valence-electron chi connectivity index (χ2n) is 6.24. The number of hydrogen-bond donors (Lipinski definition) is 0. The zero-order chi connectivity index (χ0) is 19.7. The highest BCUT2D eigenvalue weighted by Crippen LogP contribution is 2.35. The molecule has 0 amide bonds. The van der Waals surface area contributed by atoms with Gasteiger partial charge >= 0.3 is 5.97 Å². The molecular weight excluding hydrogens is 464 g/mol. The summed E-state index contributed by atoms with van der Waals surface area (Å²) in [6.07, 6.45) is 1.56. The van der Waals surface area contributed by atoms with Crippen molar-refractivity contribution >= 4 is 50.5 Å². The largest absolute Gasteiger partial charge is 0.466 e. The second kappa shape index (κ2) is 8.14. The summed E-state index contributed by atoms with van der Waals surface area (Å²) in [5.74, 6) is 0.511. The topological polar surface area (TPSA) is 69.4 Å². The lowest BCUT2D eigenvalue weighted by Crippen LogP contribution is -2.05. The molecule has 0 saturated heterocycles. The first-order chi connectivity index (χ1) is 13.5. The van der Waals surface area contributed by atoms with Gasteiger partial charge in [-0.05, 0) is 40.9 Å². The number of carbonyl (C=O) groups excluding carboxylic acids is 1. The van der Waals surface area contributed by atoms with Crippen LogP contribution in [0.3, 0.4) is 0 Å². The number of aromatic nitrogens is 3. The van der Waals surface area contributed by atoms with Crippen LogP contribution in [-0.4, -0.2) is 33.1 Å². The summed E-state index contributed by atoms with van der Waals surface area (Å²) in [7, 11) is 0. The third-order valence-corrected chi connectivity index (χ3v) is 6.32. The molecule has 0 fully saturated rings. The number of aliphatic imine (C=N–C) groups is 1. The van der Waals surface area contributed by atoms with E-state index in [1.165, 1.54) is 11.8 Å². The normalized spacial score (nSPS) is 12.8. The van der Waals surface area contributed by atoms with Gasteiger partial charge < -0.3 is 4.74 Å². The van der Waals surface area contributed by atoms with Gasteiger partial charge in [-0.15, -0.1) is 21.5 Å². The third kappa shape index (κ3) is 3.76. The van der Waals surface area contributed by atoms with Crippen molar-refractivity contribution in [2.75, 3.05) is 6.61 Å². The maximum Gasteiger partial charge on any atom is 0.302 e. The van der Waals surface area contributed by atoms with Crippen LogP contribution < -0.4 is 0 Å². The number of carbonyl (C=O) groups is 1. The molecule has 0 bridgehead atoms. The second-order valence-corrected chi connectivity index (χ2v) is 8.47. The van der Waals surface area contributed by atoms with Gasteiger partial charge in [-0.3, -0.25) is 14.4 Å². The molecule has 3 heterocycles. The Balaban J connectivity index is 1.74. The Labute approximate surface area is 179 Å². The molecule has 0 N–H and O–H groups in total. The van der Waals surface area contributed by atoms with Gasteiger partial charge in [0.1, 0.15) is 11.5 Å². The Bertz CT molecular complexity index is 1080. The predicted octanol–water partition coefficient (Wildman–Crippen LogP) is 4.59. The van der Waals surface area contributed by atoms with E-state index in [0.717, 1.165) is 40.5 Å². The predicted molar refractivity (Wildman–Crippen MR) is 113 cm³/mol. The highest BCUT2D eigenvalue weighted by Gasteiger charge is 2.25. The van der Waals surface area contributed by atoms with Crippen molar-refractivity contribution in [3.8, 4) is 5.00 Å². The molecule has 4 rings (SSSR count). The smallest absolute Gasteiger partial charge is 0.302 e. The number of nitrogens with zero attached hydrogens (tertiary/aromatic N) is 4. The number of fused-ring (bicyclic) bond motifs is 3. The summed E-state index contributed by atoms with van der Waals surface area (Å²) in [6, 6.07) is 9.84. The zero-order valence-electron chi connectivity index (χ0n) is 15.0. The van der Waals surface area contributed by atoms with E-state index in [0.29, 0.717) is 22.9 Å². The number of esters is 1. The van der Waals surface area contributed by atoms with Crippen LogP contribution in [0.4, 0.5) is 0 Å². The number of aryl methyl sites for hydroxylation is 1. The fourth-order valence-corrected chi connectivity index (χ4v) is 5.09. The SMILES string of the molecule is CC(=O)OCCCc1cc2c(s1)-n1c(Br)nnc1CN=C2c1ccccc1Cl. The zero-order valence-corrected chi connectivity index (χ0v) is 18.1. The lowest BCUT2D eigenvalue weighted by molar-refractivity contribution is -0.141. The minimum atomic E-state index is -0.256. The molecule has 0 unspecified atom stereocenters. The van der Waals surface area contributed by atoms with Crippen LogP contribution in [0, 0.1) is 0 Å². The quantitative estimate of drug-likeness (QED) is 0.396. The van der Waals surface area contributed by atoms with Crippen molar-refractivity contribution in [2.45, 2.75) is 26.3 Å². The summed E-state index contributed by atoms with van der Waals surface area (Å²) < 4.78 is 7.68. The van der Waals surface area contributed by atoms with Crippen LogP contribution in [0.25, 0.3) is 5.00 Å². The highest BCUT2D eigenvalue weighted by molar-refractivity contribution is 9.10. The maximum absolute atomic E-state index is 11.0. The lowest BCUT2D eigenvalue weighted by Gasteiger charge is -2.08. The molecule has 3 aromatic rings. The first-order valence-electron chi connectivity index (χ1n) is 8.70. The molecule has 0 saturated carbocycles. The number of halogens is 2. The van der Waals surface area contributed by atoms with Gasteiger partial charge in [-0.2, -0.15) is 0 Å². The number of hydrogen-bond acceptors (Lipinski definition) is 6. The van der Waals surface area contributed by atoms with E-state index in [9.17, 15) is 4.79 Å². The van der Waals surface area contributed by atoms with E-state index in [-0.39, 0.29) is 5.97 Å². The summed E-state index contributed by atoms with van der Waals surface area (Å²) >= 11 is 11.6. The van der Waals surface area contributed by atoms with Crippen molar-refractivity contribution in [3.05, 3.63) is 61.9 Å².